The number of aryl methyl sites for hydroxylation is 2. The summed E-state index contributed by atoms with van der Waals surface area (Å²) >= 11 is 0. The Hall–Kier alpha value is -6.52. The molecule has 2 aliphatic heterocycles. The summed E-state index contributed by atoms with van der Waals surface area (Å²) in [6.07, 6.45) is 0. The van der Waals surface area contributed by atoms with Crippen molar-refractivity contribution in [3.8, 4) is 0 Å². The second-order valence-electron chi connectivity index (χ2n) is 13.9. The predicted octanol–water partition coefficient (Wildman–Crippen LogP) is 11.0. The van der Waals surface area contributed by atoms with Gasteiger partial charge in [-0.2, -0.15) is 0 Å². The largest absolute Gasteiger partial charge is 0.311 e. The molecule has 52 heavy (non-hydrogen) atoms. The van der Waals surface area contributed by atoms with Crippen molar-refractivity contribution in [1.29, 1.82) is 0 Å². The van der Waals surface area contributed by atoms with E-state index in [2.05, 4.69) is 211 Å². The maximum Gasteiger partial charge on any atom is 0.252 e. The topological polar surface area (TPSA) is 9.72 Å². The van der Waals surface area contributed by atoms with Crippen LogP contribution in [0.25, 0.3) is 10.8 Å². The number of hydrogen-bond donors (Lipinski definition) is 0. The lowest BCUT2D eigenvalue weighted by molar-refractivity contribution is 1.22. The lowest BCUT2D eigenvalue weighted by Gasteiger charge is -2.44. The van der Waals surface area contributed by atoms with E-state index in [1.165, 1.54) is 66.7 Å². The maximum absolute atomic E-state index is 2.49. The first kappa shape index (κ1) is 30.3. The third-order valence-electron chi connectivity index (χ3n) is 10.8. The van der Waals surface area contributed by atoms with Gasteiger partial charge in [-0.3, -0.25) is 0 Å². The van der Waals surface area contributed by atoms with Crippen LogP contribution in [-0.2, 0) is 0 Å². The normalized spacial score (nSPS) is 12.7. The molecule has 3 nitrogen and oxygen atoms in total. The van der Waals surface area contributed by atoms with E-state index in [0.29, 0.717) is 0 Å². The average molecular weight is 666 g/mol. The predicted molar refractivity (Wildman–Crippen MR) is 222 cm³/mol. The number of hydrogen-bond acceptors (Lipinski definition) is 3. The van der Waals surface area contributed by atoms with E-state index in [9.17, 15) is 0 Å². The van der Waals surface area contributed by atoms with E-state index in [1.807, 2.05) is 0 Å². The second-order valence-corrected chi connectivity index (χ2v) is 13.9. The first-order chi connectivity index (χ1) is 25.7. The number of para-hydroxylation sites is 3. The van der Waals surface area contributed by atoms with Gasteiger partial charge in [0, 0.05) is 50.9 Å². The van der Waals surface area contributed by atoms with Crippen LogP contribution in [0, 0.1) is 13.8 Å². The Morgan fingerprint density at radius 2 is 1.10 bits per heavy atom. The third-order valence-corrected chi connectivity index (χ3v) is 10.8. The molecule has 8 aromatic carbocycles. The van der Waals surface area contributed by atoms with Gasteiger partial charge in [0.2, 0.25) is 0 Å². The van der Waals surface area contributed by atoms with Crippen molar-refractivity contribution in [3.05, 3.63) is 193 Å². The van der Waals surface area contributed by atoms with Gasteiger partial charge >= 0.3 is 0 Å². The smallest absolute Gasteiger partial charge is 0.252 e. The Bertz CT molecular complexity index is 2630. The first-order valence-corrected chi connectivity index (χ1v) is 18.1. The summed E-state index contributed by atoms with van der Waals surface area (Å²) in [7, 11) is 0. The molecule has 2 aliphatic rings. The Morgan fingerprint density at radius 3 is 1.92 bits per heavy atom. The summed E-state index contributed by atoms with van der Waals surface area (Å²) in [6, 6.07) is 66.6. The zero-order chi connectivity index (χ0) is 34.8. The van der Waals surface area contributed by atoms with Crippen molar-refractivity contribution in [2.75, 3.05) is 14.7 Å². The van der Waals surface area contributed by atoms with Gasteiger partial charge in [-0.05, 0) is 108 Å². The second kappa shape index (κ2) is 12.1. The van der Waals surface area contributed by atoms with E-state index < -0.39 is 0 Å². The molecule has 0 aliphatic carbocycles. The number of anilines is 9. The van der Waals surface area contributed by atoms with E-state index in [1.54, 1.807) is 0 Å². The van der Waals surface area contributed by atoms with Crippen molar-refractivity contribution >= 4 is 85.1 Å². The molecular formula is C48H36BN3. The van der Waals surface area contributed by atoms with E-state index in [0.717, 1.165) is 22.7 Å². The Morgan fingerprint density at radius 1 is 0.442 bits per heavy atom. The van der Waals surface area contributed by atoms with Crippen LogP contribution in [0.2, 0.25) is 0 Å². The summed E-state index contributed by atoms with van der Waals surface area (Å²) in [6.45, 7) is 4.47. The molecule has 0 saturated heterocycles. The van der Waals surface area contributed by atoms with E-state index in [-0.39, 0.29) is 6.71 Å². The van der Waals surface area contributed by atoms with Gasteiger partial charge in [0.1, 0.15) is 0 Å². The van der Waals surface area contributed by atoms with Gasteiger partial charge in [0.15, 0.2) is 0 Å². The van der Waals surface area contributed by atoms with Crippen LogP contribution in [0.5, 0.6) is 0 Å². The highest BCUT2D eigenvalue weighted by atomic mass is 15.2. The zero-order valence-electron chi connectivity index (χ0n) is 29.2. The zero-order valence-corrected chi connectivity index (χ0v) is 29.2. The SMILES string of the molecule is Cc1ccc(N2c3ccccc3B3c4ccc(N(c5ccccc5)c5cccc6ccccc56)cc4N(c4ccccc4)c4cccc2c43)c(C)c1. The van der Waals surface area contributed by atoms with Crippen molar-refractivity contribution < 1.29 is 0 Å². The molecule has 0 fully saturated rings. The molecule has 0 bridgehead atoms. The van der Waals surface area contributed by atoms with E-state index in [4.69, 9.17) is 0 Å². The van der Waals surface area contributed by atoms with Crippen molar-refractivity contribution in [3.63, 3.8) is 0 Å². The van der Waals surface area contributed by atoms with Crippen LogP contribution in [0.3, 0.4) is 0 Å². The van der Waals surface area contributed by atoms with Gasteiger partial charge in [0.05, 0.1) is 5.69 Å². The van der Waals surface area contributed by atoms with Crippen LogP contribution >= 0.6 is 0 Å². The van der Waals surface area contributed by atoms with Crippen LogP contribution in [0.1, 0.15) is 11.1 Å². The highest BCUT2D eigenvalue weighted by Crippen LogP contribution is 2.46. The minimum absolute atomic E-state index is 0.0659. The Labute approximate surface area is 305 Å². The number of fused-ring (bicyclic) bond motifs is 5. The lowest BCUT2D eigenvalue weighted by Crippen LogP contribution is -2.61. The van der Waals surface area contributed by atoms with Crippen LogP contribution in [0.4, 0.5) is 51.2 Å². The Balaban J connectivity index is 1.25. The molecule has 0 saturated carbocycles. The summed E-state index contributed by atoms with van der Waals surface area (Å²) in [5.41, 5.74) is 17.1. The van der Waals surface area contributed by atoms with Crippen LogP contribution < -0.4 is 31.1 Å². The number of benzene rings is 8. The molecule has 0 spiro atoms. The molecule has 246 valence electrons. The quantitative estimate of drug-likeness (QED) is 0.169. The molecule has 0 atom stereocenters. The maximum atomic E-state index is 2.49. The van der Waals surface area contributed by atoms with Gasteiger partial charge in [0.25, 0.3) is 6.71 Å². The molecule has 0 unspecified atom stereocenters. The summed E-state index contributed by atoms with van der Waals surface area (Å²) in [5.74, 6) is 0. The molecule has 8 aromatic rings. The third kappa shape index (κ3) is 4.68. The van der Waals surface area contributed by atoms with Gasteiger partial charge in [-0.15, -0.1) is 0 Å². The highest BCUT2D eigenvalue weighted by Gasteiger charge is 2.43. The van der Waals surface area contributed by atoms with Gasteiger partial charge in [-0.1, -0.05) is 121 Å². The van der Waals surface area contributed by atoms with Crippen molar-refractivity contribution in [2.24, 2.45) is 0 Å². The fourth-order valence-electron chi connectivity index (χ4n) is 8.59. The highest BCUT2D eigenvalue weighted by molar-refractivity contribution is 7.00. The summed E-state index contributed by atoms with van der Waals surface area (Å²) < 4.78 is 0. The number of rotatable bonds is 5. The van der Waals surface area contributed by atoms with Crippen molar-refractivity contribution in [1.82, 2.24) is 0 Å². The molecule has 0 amide bonds. The Kier molecular flexibility index (Phi) is 7.04. The molecule has 2 heterocycles. The lowest BCUT2D eigenvalue weighted by atomic mass is 9.33. The number of nitrogens with zero attached hydrogens (tertiary/aromatic N) is 3. The van der Waals surface area contributed by atoms with Gasteiger partial charge < -0.3 is 14.7 Å². The molecule has 10 rings (SSSR count). The molecular weight excluding hydrogens is 629 g/mol. The fourth-order valence-corrected chi connectivity index (χ4v) is 8.59. The molecule has 0 aromatic heterocycles. The molecule has 0 N–H and O–H groups in total. The average Bonchev–Trinajstić information content (AvgIpc) is 3.19. The summed E-state index contributed by atoms with van der Waals surface area (Å²) in [4.78, 5) is 7.38. The first-order valence-electron chi connectivity index (χ1n) is 18.1. The molecule has 0 radical (unpaired) electrons. The van der Waals surface area contributed by atoms with Gasteiger partial charge in [-0.25, -0.2) is 0 Å². The fraction of sp³-hybridized carbons (Fsp3) is 0.0417. The standard InChI is InChI=1S/C48H36BN3/c1-33-27-30-42(34(2)31-33)52-44-23-12-11-22-40(44)49-41-29-28-38(32-47(41)51(37-19-7-4-8-20-37)45-25-14-26-46(52)48(45)49)50(36-17-5-3-6-18-36)43-24-13-16-35-15-9-10-21-39(35)43/h3-32H,1-2H3. The summed E-state index contributed by atoms with van der Waals surface area (Å²) in [5, 5.41) is 2.44. The van der Waals surface area contributed by atoms with Crippen molar-refractivity contribution in [2.45, 2.75) is 13.8 Å². The minimum Gasteiger partial charge on any atom is -0.311 e. The van der Waals surface area contributed by atoms with Crippen LogP contribution in [0.15, 0.2) is 182 Å². The monoisotopic (exact) mass is 665 g/mol. The van der Waals surface area contributed by atoms with E-state index >= 15 is 0 Å². The minimum atomic E-state index is 0.0659. The molecule has 4 heteroatoms. The van der Waals surface area contributed by atoms with Crippen LogP contribution in [-0.4, -0.2) is 6.71 Å².